The number of rotatable bonds is 5. The number of nitrogens with zero attached hydrogens (tertiary/aromatic N) is 1. The van der Waals surface area contributed by atoms with E-state index in [-0.39, 0.29) is 5.41 Å². The van der Waals surface area contributed by atoms with Crippen LogP contribution in [0.4, 0.5) is 5.82 Å². The van der Waals surface area contributed by atoms with Crippen LogP contribution < -0.4 is 16.8 Å². The minimum Gasteiger partial charge on any atom is -0.369 e. The summed E-state index contributed by atoms with van der Waals surface area (Å²) in [5.74, 6) is 0.0256. The summed E-state index contributed by atoms with van der Waals surface area (Å²) in [6, 6.07) is 3.33. The molecule has 0 saturated heterocycles. The fraction of sp³-hybridized carbons (Fsp3) is 0.455. The van der Waals surface area contributed by atoms with Crippen molar-refractivity contribution in [3.05, 3.63) is 23.9 Å². The van der Waals surface area contributed by atoms with Gasteiger partial charge in [-0.25, -0.2) is 4.98 Å². The monoisotopic (exact) mass is 222 g/mol. The van der Waals surface area contributed by atoms with Crippen LogP contribution in [0.3, 0.4) is 0 Å². The van der Waals surface area contributed by atoms with Gasteiger partial charge in [0.1, 0.15) is 5.82 Å². The van der Waals surface area contributed by atoms with E-state index in [9.17, 15) is 4.79 Å². The van der Waals surface area contributed by atoms with E-state index in [1.54, 1.807) is 18.3 Å². The molecule has 0 bridgehead atoms. The van der Waals surface area contributed by atoms with Gasteiger partial charge in [-0.05, 0) is 24.1 Å². The van der Waals surface area contributed by atoms with Gasteiger partial charge in [-0.3, -0.25) is 4.79 Å². The van der Waals surface area contributed by atoms with Gasteiger partial charge in [0, 0.05) is 12.7 Å². The molecule has 0 fully saturated rings. The van der Waals surface area contributed by atoms with Gasteiger partial charge in [0.25, 0.3) is 5.91 Å². The summed E-state index contributed by atoms with van der Waals surface area (Å²) in [7, 11) is 0. The summed E-state index contributed by atoms with van der Waals surface area (Å²) in [5, 5.41) is 3.09. The Hall–Kier alpha value is -1.62. The van der Waals surface area contributed by atoms with Crippen molar-refractivity contribution in [2.24, 2.45) is 16.9 Å². The van der Waals surface area contributed by atoms with Crippen molar-refractivity contribution in [2.45, 2.75) is 13.8 Å². The molecule has 1 aromatic heterocycles. The van der Waals surface area contributed by atoms with Gasteiger partial charge in [0.2, 0.25) is 0 Å². The fourth-order valence-corrected chi connectivity index (χ4v) is 1.14. The maximum atomic E-state index is 11.1. The van der Waals surface area contributed by atoms with E-state index in [1.165, 1.54) is 0 Å². The van der Waals surface area contributed by atoms with Gasteiger partial charge in [0.15, 0.2) is 0 Å². The Bertz CT molecular complexity index is 376. The van der Waals surface area contributed by atoms with Crippen molar-refractivity contribution in [1.29, 1.82) is 0 Å². The number of nitrogens with one attached hydrogen (secondary N) is 1. The minimum atomic E-state index is -0.485. The number of hydrogen-bond donors (Lipinski definition) is 3. The first-order valence-electron chi connectivity index (χ1n) is 5.15. The molecule has 1 rings (SSSR count). The first kappa shape index (κ1) is 12.4. The molecule has 0 aromatic carbocycles. The smallest absolute Gasteiger partial charge is 0.252 e. The molecule has 1 amide bonds. The summed E-state index contributed by atoms with van der Waals surface area (Å²) < 4.78 is 0. The largest absolute Gasteiger partial charge is 0.369 e. The molecule has 1 aromatic rings. The highest BCUT2D eigenvalue weighted by Crippen LogP contribution is 2.16. The van der Waals surface area contributed by atoms with Crippen molar-refractivity contribution in [3.63, 3.8) is 0 Å². The minimum absolute atomic E-state index is 0.0492. The lowest BCUT2D eigenvalue weighted by atomic mass is 9.94. The summed E-state index contributed by atoms with van der Waals surface area (Å²) in [6.07, 6.45) is 1.62. The quantitative estimate of drug-likeness (QED) is 0.679. The molecule has 0 spiro atoms. The second kappa shape index (κ2) is 4.94. The van der Waals surface area contributed by atoms with E-state index in [0.717, 1.165) is 0 Å². The van der Waals surface area contributed by atoms with Crippen LogP contribution in [0.2, 0.25) is 0 Å². The SMILES string of the molecule is CC(C)(CN)CNc1ncccc1C(N)=O. The fourth-order valence-electron chi connectivity index (χ4n) is 1.14. The molecule has 0 aliphatic heterocycles. The summed E-state index contributed by atoms with van der Waals surface area (Å²) in [6.45, 7) is 5.26. The van der Waals surface area contributed by atoms with Crippen molar-refractivity contribution in [3.8, 4) is 0 Å². The van der Waals surface area contributed by atoms with E-state index >= 15 is 0 Å². The molecule has 88 valence electrons. The van der Waals surface area contributed by atoms with Gasteiger partial charge in [-0.1, -0.05) is 13.8 Å². The highest BCUT2D eigenvalue weighted by atomic mass is 16.1. The second-order valence-corrected chi connectivity index (χ2v) is 4.49. The Labute approximate surface area is 95.2 Å². The molecular formula is C11H18N4O. The van der Waals surface area contributed by atoms with Crippen molar-refractivity contribution < 1.29 is 4.79 Å². The zero-order valence-electron chi connectivity index (χ0n) is 9.66. The number of carbonyl (C=O) groups is 1. The van der Waals surface area contributed by atoms with Crippen molar-refractivity contribution in [1.82, 2.24) is 4.98 Å². The zero-order chi connectivity index (χ0) is 12.2. The van der Waals surface area contributed by atoms with Gasteiger partial charge in [0.05, 0.1) is 5.56 Å². The second-order valence-electron chi connectivity index (χ2n) is 4.49. The Morgan fingerprint density at radius 2 is 2.25 bits per heavy atom. The van der Waals surface area contributed by atoms with E-state index < -0.39 is 5.91 Å². The molecule has 5 heteroatoms. The van der Waals surface area contributed by atoms with Crippen LogP contribution in [-0.4, -0.2) is 24.0 Å². The van der Waals surface area contributed by atoms with Crippen molar-refractivity contribution in [2.75, 3.05) is 18.4 Å². The maximum Gasteiger partial charge on any atom is 0.252 e. The number of hydrogen-bond acceptors (Lipinski definition) is 4. The van der Waals surface area contributed by atoms with Gasteiger partial charge < -0.3 is 16.8 Å². The number of amides is 1. The lowest BCUT2D eigenvalue weighted by molar-refractivity contribution is 0.100. The number of aromatic nitrogens is 1. The van der Waals surface area contributed by atoms with Crippen LogP contribution >= 0.6 is 0 Å². The van der Waals surface area contributed by atoms with Gasteiger partial charge in [-0.2, -0.15) is 0 Å². The number of pyridine rings is 1. The van der Waals surface area contributed by atoms with Crippen LogP contribution in [0.5, 0.6) is 0 Å². The molecule has 0 aliphatic rings. The first-order chi connectivity index (χ1) is 7.46. The number of nitrogens with two attached hydrogens (primary N) is 2. The number of primary amides is 1. The Morgan fingerprint density at radius 1 is 1.56 bits per heavy atom. The maximum absolute atomic E-state index is 11.1. The Kier molecular flexibility index (Phi) is 3.84. The zero-order valence-corrected chi connectivity index (χ0v) is 9.66. The highest BCUT2D eigenvalue weighted by Gasteiger charge is 2.17. The first-order valence-corrected chi connectivity index (χ1v) is 5.15. The summed E-state index contributed by atoms with van der Waals surface area (Å²) in [4.78, 5) is 15.2. The standard InChI is InChI=1S/C11H18N4O/c1-11(2,6-12)7-15-10-8(9(13)16)4-3-5-14-10/h3-5H,6-7,12H2,1-2H3,(H2,13,16)(H,14,15). The predicted molar refractivity (Wildman–Crippen MR) is 64.1 cm³/mol. The van der Waals surface area contributed by atoms with Gasteiger partial charge in [-0.15, -0.1) is 0 Å². The molecule has 0 radical (unpaired) electrons. The third-order valence-electron chi connectivity index (χ3n) is 2.36. The average molecular weight is 222 g/mol. The van der Waals surface area contributed by atoms with Crippen LogP contribution in [0, 0.1) is 5.41 Å². The van der Waals surface area contributed by atoms with Crippen LogP contribution in [0.25, 0.3) is 0 Å². The van der Waals surface area contributed by atoms with E-state index in [1.807, 2.05) is 13.8 Å². The van der Waals surface area contributed by atoms with E-state index in [2.05, 4.69) is 10.3 Å². The molecular weight excluding hydrogens is 204 g/mol. The number of carbonyl (C=O) groups excluding carboxylic acids is 1. The lowest BCUT2D eigenvalue weighted by Gasteiger charge is -2.23. The Morgan fingerprint density at radius 3 is 2.81 bits per heavy atom. The molecule has 0 atom stereocenters. The molecule has 1 heterocycles. The Balaban J connectivity index is 2.78. The third-order valence-corrected chi connectivity index (χ3v) is 2.36. The average Bonchev–Trinajstić information content (AvgIpc) is 2.27. The molecule has 5 nitrogen and oxygen atoms in total. The van der Waals surface area contributed by atoms with E-state index in [4.69, 9.17) is 11.5 Å². The molecule has 0 aliphatic carbocycles. The highest BCUT2D eigenvalue weighted by molar-refractivity contribution is 5.97. The summed E-state index contributed by atoms with van der Waals surface area (Å²) in [5.41, 5.74) is 11.2. The topological polar surface area (TPSA) is 94.0 Å². The predicted octanol–water partition coefficient (Wildman–Crippen LogP) is 0.577. The number of anilines is 1. The van der Waals surface area contributed by atoms with Crippen LogP contribution in [0.1, 0.15) is 24.2 Å². The van der Waals surface area contributed by atoms with Crippen LogP contribution in [-0.2, 0) is 0 Å². The van der Waals surface area contributed by atoms with Crippen molar-refractivity contribution >= 4 is 11.7 Å². The van der Waals surface area contributed by atoms with E-state index in [0.29, 0.717) is 24.5 Å². The molecule has 5 N–H and O–H groups in total. The normalized spacial score (nSPS) is 11.2. The lowest BCUT2D eigenvalue weighted by Crippen LogP contribution is -2.32. The van der Waals surface area contributed by atoms with Crippen LogP contribution in [0.15, 0.2) is 18.3 Å². The van der Waals surface area contributed by atoms with Gasteiger partial charge >= 0.3 is 0 Å². The summed E-state index contributed by atoms with van der Waals surface area (Å²) >= 11 is 0. The third kappa shape index (κ3) is 3.20. The molecule has 16 heavy (non-hydrogen) atoms. The molecule has 0 unspecified atom stereocenters. The molecule has 0 saturated carbocycles.